The van der Waals surface area contributed by atoms with Gasteiger partial charge in [-0.25, -0.2) is 4.39 Å². The molecule has 0 spiro atoms. The van der Waals surface area contributed by atoms with Gasteiger partial charge < -0.3 is 10.1 Å². The molecule has 0 aromatic heterocycles. The Balaban J connectivity index is 0.00000400. The average Bonchev–Trinajstić information content (AvgIpc) is 2.42. The summed E-state index contributed by atoms with van der Waals surface area (Å²) in [6.07, 6.45) is -0.852. The van der Waals surface area contributed by atoms with Crippen LogP contribution in [0.25, 0.3) is 0 Å². The predicted molar refractivity (Wildman–Crippen MR) is 72.5 cm³/mol. The Kier molecular flexibility index (Phi) is 9.63. The summed E-state index contributed by atoms with van der Waals surface area (Å²) in [6, 6.07) is 8.57. The summed E-state index contributed by atoms with van der Waals surface area (Å²) in [7, 11) is 0. The second-order valence-corrected chi connectivity index (χ2v) is 4.79. The molecule has 0 unspecified atom stereocenters. The summed E-state index contributed by atoms with van der Waals surface area (Å²) in [5, 5.41) is 2.57. The molecule has 1 N–H and O–H groups in total. The summed E-state index contributed by atoms with van der Waals surface area (Å²) < 4.78 is 18.4. The van der Waals surface area contributed by atoms with Crippen LogP contribution >= 0.6 is 0 Å². The summed E-state index contributed by atoms with van der Waals surface area (Å²) in [5.41, 5.74) is 0.616. The maximum Gasteiger partial charge on any atom is 0.303 e. The molecule has 0 aliphatic rings. The smallest absolute Gasteiger partial charge is 0.303 e. The van der Waals surface area contributed by atoms with Crippen LogP contribution in [0, 0.1) is 12.0 Å². The van der Waals surface area contributed by atoms with Gasteiger partial charge in [-0.05, 0) is 0 Å². The van der Waals surface area contributed by atoms with E-state index in [0.29, 0.717) is 5.56 Å². The topological polar surface area (TPSA) is 55.4 Å². The third kappa shape index (κ3) is 6.66. The first-order valence-corrected chi connectivity index (χ1v) is 6.45. The first kappa shape index (κ1) is 20.2. The number of esters is 1. The van der Waals surface area contributed by atoms with Gasteiger partial charge in [0.15, 0.2) is 0 Å². The molecule has 0 heterocycles. The molecule has 113 valence electrons. The minimum absolute atomic E-state index is 0. The van der Waals surface area contributed by atoms with Crippen molar-refractivity contribution >= 4 is 11.9 Å². The summed E-state index contributed by atoms with van der Waals surface area (Å²) in [4.78, 5) is 22.9. The first-order chi connectivity index (χ1) is 9.45. The fourth-order valence-corrected chi connectivity index (χ4v) is 1.70. The van der Waals surface area contributed by atoms with E-state index < -0.39 is 24.8 Å². The van der Waals surface area contributed by atoms with Gasteiger partial charge in [-0.3, -0.25) is 9.59 Å². The second kappa shape index (κ2) is 10.0. The van der Waals surface area contributed by atoms with E-state index in [0.717, 1.165) is 0 Å². The Hall–Kier alpha value is -0.806. The molecule has 6 heteroatoms. The fraction of sp³-hybridized carbons (Fsp3) is 0.467. The maximum atomic E-state index is 13.3. The number of amides is 1. The normalized spacial score (nSPS) is 13.0. The molecule has 1 rings (SSSR count). The van der Waals surface area contributed by atoms with Gasteiger partial charge in [-0.1, -0.05) is 13.8 Å². The van der Waals surface area contributed by atoms with E-state index in [4.69, 9.17) is 4.74 Å². The minimum Gasteiger partial charge on any atom is -0.458 e. The van der Waals surface area contributed by atoms with Crippen LogP contribution in [0.4, 0.5) is 4.39 Å². The number of carbonyl (C=O) groups excluding carboxylic acids is 2. The van der Waals surface area contributed by atoms with E-state index in [1.165, 1.54) is 6.92 Å². The Morgan fingerprint density at radius 2 is 1.90 bits per heavy atom. The number of hydrogen-bond donors (Lipinski definition) is 1. The van der Waals surface area contributed by atoms with Gasteiger partial charge in [-0.15, -0.1) is 5.56 Å². The Labute approximate surface area is 149 Å². The molecule has 4 nitrogen and oxygen atoms in total. The molecule has 0 saturated carbocycles. The van der Waals surface area contributed by atoms with Gasteiger partial charge in [0.2, 0.25) is 5.91 Å². The Bertz CT molecular complexity index is 453. The van der Waals surface area contributed by atoms with Crippen LogP contribution in [0.5, 0.6) is 0 Å². The van der Waals surface area contributed by atoms with E-state index in [2.05, 4.69) is 11.4 Å². The van der Waals surface area contributed by atoms with E-state index in [1.807, 2.05) is 0 Å². The molecular weight excluding hydrogens is 350 g/mol. The summed E-state index contributed by atoms with van der Waals surface area (Å²) >= 11 is 0. The first-order valence-electron chi connectivity index (χ1n) is 6.45. The minimum atomic E-state index is -0.906. The third-order valence-corrected chi connectivity index (χ3v) is 2.75. The molecule has 2 atom stereocenters. The van der Waals surface area contributed by atoms with E-state index in [9.17, 15) is 14.0 Å². The molecule has 1 radical (unpaired) electrons. The summed E-state index contributed by atoms with van der Waals surface area (Å²) in [5.74, 6) is -1.08. The standard InChI is InChI=1S/C15H19FNO3.Y/c1-10(2)15(19)17-13(9-16)14(20-11(3)18)12-7-5-4-6-8-12;/h5-8,10,13-14H,9H2,1-3H3,(H,17,19);/q-1;/t13-,14-;/m1./s1. The Morgan fingerprint density at radius 1 is 1.33 bits per heavy atom. The van der Waals surface area contributed by atoms with E-state index in [1.54, 1.807) is 38.1 Å². The monoisotopic (exact) mass is 369 g/mol. The number of ether oxygens (including phenoxy) is 1. The van der Waals surface area contributed by atoms with Crippen LogP contribution in [-0.2, 0) is 47.0 Å². The maximum absolute atomic E-state index is 13.3. The molecule has 1 aromatic carbocycles. The van der Waals surface area contributed by atoms with Crippen molar-refractivity contribution in [3.05, 3.63) is 35.9 Å². The zero-order valence-electron chi connectivity index (χ0n) is 12.4. The quantitative estimate of drug-likeness (QED) is 0.618. The van der Waals surface area contributed by atoms with Gasteiger partial charge in [0, 0.05) is 45.6 Å². The van der Waals surface area contributed by atoms with Gasteiger partial charge in [-0.2, -0.15) is 30.3 Å². The number of hydrogen-bond acceptors (Lipinski definition) is 3. The van der Waals surface area contributed by atoms with Crippen molar-refractivity contribution in [1.29, 1.82) is 0 Å². The molecule has 0 bridgehead atoms. The zero-order valence-corrected chi connectivity index (χ0v) is 15.3. The van der Waals surface area contributed by atoms with Crippen LogP contribution in [-0.4, -0.2) is 24.6 Å². The molecule has 0 aliphatic carbocycles. The number of carbonyl (C=O) groups is 2. The van der Waals surface area contributed by atoms with Crippen LogP contribution in [0.15, 0.2) is 24.3 Å². The number of rotatable bonds is 6. The van der Waals surface area contributed by atoms with E-state index >= 15 is 0 Å². The molecule has 21 heavy (non-hydrogen) atoms. The SMILES string of the molecule is CC(=O)O[C@H](c1cc[c-]cc1)[C@@H](CF)NC(=O)C(C)C.[Y]. The average molecular weight is 369 g/mol. The van der Waals surface area contributed by atoms with Crippen LogP contribution in [0.1, 0.15) is 32.4 Å². The molecule has 1 aromatic rings. The second-order valence-electron chi connectivity index (χ2n) is 4.79. The van der Waals surface area contributed by atoms with Crippen molar-refractivity contribution in [3.63, 3.8) is 0 Å². The van der Waals surface area contributed by atoms with Crippen LogP contribution in [0.2, 0.25) is 0 Å². The largest absolute Gasteiger partial charge is 0.458 e. The number of alkyl halides is 1. The van der Waals surface area contributed by atoms with Crippen molar-refractivity contribution in [2.45, 2.75) is 32.9 Å². The Morgan fingerprint density at radius 3 is 2.33 bits per heavy atom. The van der Waals surface area contributed by atoms with Crippen molar-refractivity contribution in [3.8, 4) is 0 Å². The third-order valence-electron chi connectivity index (χ3n) is 2.75. The van der Waals surface area contributed by atoms with Gasteiger partial charge >= 0.3 is 5.97 Å². The van der Waals surface area contributed by atoms with Gasteiger partial charge in [0.1, 0.15) is 12.8 Å². The zero-order chi connectivity index (χ0) is 15.1. The van der Waals surface area contributed by atoms with Crippen LogP contribution < -0.4 is 5.32 Å². The molecule has 0 saturated heterocycles. The van der Waals surface area contributed by atoms with Crippen LogP contribution in [0.3, 0.4) is 0 Å². The van der Waals surface area contributed by atoms with Crippen molar-refractivity contribution < 1.29 is 51.4 Å². The number of benzene rings is 1. The molecule has 1 amide bonds. The van der Waals surface area contributed by atoms with E-state index in [-0.39, 0.29) is 44.5 Å². The predicted octanol–water partition coefficient (Wildman–Crippen LogP) is 2.20. The van der Waals surface area contributed by atoms with Gasteiger partial charge in [0.05, 0.1) is 6.04 Å². The number of halogens is 1. The molecule has 0 fully saturated rings. The van der Waals surface area contributed by atoms with Crippen molar-refractivity contribution in [2.75, 3.05) is 6.67 Å². The molecule has 0 aliphatic heterocycles. The van der Waals surface area contributed by atoms with Gasteiger partial charge in [0.25, 0.3) is 0 Å². The molecular formula is C15H19FNO3Y-. The van der Waals surface area contributed by atoms with Crippen molar-refractivity contribution in [2.24, 2.45) is 5.92 Å². The summed E-state index contributed by atoms with van der Waals surface area (Å²) in [6.45, 7) is 3.85. The van der Waals surface area contributed by atoms with Crippen molar-refractivity contribution in [1.82, 2.24) is 5.32 Å². The fourth-order valence-electron chi connectivity index (χ4n) is 1.70. The number of nitrogens with one attached hydrogen (secondary N) is 1.